The maximum absolute atomic E-state index is 10.6. The number of nitrogens with zero attached hydrogens (tertiary/aromatic N) is 1. The third kappa shape index (κ3) is 1.49. The highest BCUT2D eigenvalue weighted by atomic mass is 35.5. The third-order valence-corrected chi connectivity index (χ3v) is 2.11. The molecule has 1 atom stereocenters. The second-order valence-corrected chi connectivity index (χ2v) is 3.14. The first-order chi connectivity index (χ1) is 5.60. The molecule has 4 nitrogen and oxygen atoms in total. The number of allylic oxidation sites excluding steroid dienone is 2. The monoisotopic (exact) mass is 188 g/mol. The van der Waals surface area contributed by atoms with Gasteiger partial charge in [-0.2, -0.15) is 0 Å². The molecule has 1 aliphatic rings. The molecule has 1 aliphatic carbocycles. The van der Waals surface area contributed by atoms with Crippen LogP contribution in [-0.2, 0) is 0 Å². The van der Waals surface area contributed by atoms with Crippen molar-refractivity contribution in [2.24, 2.45) is 5.73 Å². The van der Waals surface area contributed by atoms with E-state index in [-0.39, 0.29) is 6.54 Å². The predicted octanol–water partition coefficient (Wildman–Crippen LogP) is 1.04. The Kier molecular flexibility index (Phi) is 2.49. The smallest absolute Gasteiger partial charge is 0.257 e. The van der Waals surface area contributed by atoms with Crippen molar-refractivity contribution in [3.05, 3.63) is 33.4 Å². The van der Waals surface area contributed by atoms with Crippen LogP contribution >= 0.6 is 11.6 Å². The highest BCUT2D eigenvalue weighted by Crippen LogP contribution is 2.25. The fraction of sp³-hybridized carbons (Fsp3) is 0.429. The van der Waals surface area contributed by atoms with Crippen LogP contribution in [-0.4, -0.2) is 17.0 Å². The Balaban J connectivity index is 2.97. The van der Waals surface area contributed by atoms with E-state index in [2.05, 4.69) is 0 Å². The summed E-state index contributed by atoms with van der Waals surface area (Å²) in [5.74, 6) is 0. The summed E-state index contributed by atoms with van der Waals surface area (Å²) >= 11 is 5.64. The molecular weight excluding hydrogens is 180 g/mol. The lowest BCUT2D eigenvalue weighted by Crippen LogP contribution is -2.44. The number of halogens is 1. The van der Waals surface area contributed by atoms with Crippen LogP contribution in [0.2, 0.25) is 0 Å². The largest absolute Gasteiger partial charge is 0.324 e. The maximum Gasteiger partial charge on any atom is 0.257 e. The molecule has 0 aromatic rings. The number of hydrogen-bond acceptors (Lipinski definition) is 3. The maximum atomic E-state index is 10.6. The second-order valence-electron chi connectivity index (χ2n) is 2.70. The second kappa shape index (κ2) is 3.25. The lowest BCUT2D eigenvalue weighted by Gasteiger charge is -2.20. The summed E-state index contributed by atoms with van der Waals surface area (Å²) in [5, 5.41) is 11.0. The first-order valence-electron chi connectivity index (χ1n) is 3.50. The lowest BCUT2D eigenvalue weighted by atomic mass is 9.92. The van der Waals surface area contributed by atoms with Crippen molar-refractivity contribution in [3.63, 3.8) is 0 Å². The Labute approximate surface area is 74.8 Å². The van der Waals surface area contributed by atoms with E-state index in [9.17, 15) is 10.1 Å². The molecule has 1 unspecified atom stereocenters. The fourth-order valence-electron chi connectivity index (χ4n) is 1.08. The van der Waals surface area contributed by atoms with Gasteiger partial charge in [0.1, 0.15) is 0 Å². The quantitative estimate of drug-likeness (QED) is 0.520. The van der Waals surface area contributed by atoms with Gasteiger partial charge in [0.05, 0.1) is 6.54 Å². The van der Waals surface area contributed by atoms with Gasteiger partial charge in [-0.15, -0.1) is 0 Å². The molecule has 0 amide bonds. The summed E-state index contributed by atoms with van der Waals surface area (Å²) in [6.45, 7) is -0.0272. The van der Waals surface area contributed by atoms with Crippen LogP contribution in [0.15, 0.2) is 23.3 Å². The van der Waals surface area contributed by atoms with Crippen molar-refractivity contribution in [1.82, 2.24) is 0 Å². The Morgan fingerprint density at radius 1 is 1.83 bits per heavy atom. The van der Waals surface area contributed by atoms with E-state index in [4.69, 9.17) is 17.3 Å². The number of nitrogens with two attached hydrogens (primary N) is 1. The van der Waals surface area contributed by atoms with Crippen LogP contribution in [0.4, 0.5) is 0 Å². The normalized spacial score (nSPS) is 28.3. The van der Waals surface area contributed by atoms with Gasteiger partial charge in [-0.05, 0) is 6.08 Å². The van der Waals surface area contributed by atoms with Crippen molar-refractivity contribution >= 4 is 11.6 Å². The summed E-state index contributed by atoms with van der Waals surface area (Å²) in [6.07, 6.45) is 5.01. The van der Waals surface area contributed by atoms with Crippen molar-refractivity contribution in [1.29, 1.82) is 0 Å². The first-order valence-corrected chi connectivity index (χ1v) is 3.88. The fourth-order valence-corrected chi connectivity index (χ4v) is 1.38. The molecule has 5 heteroatoms. The van der Waals surface area contributed by atoms with Crippen LogP contribution in [0.3, 0.4) is 0 Å². The van der Waals surface area contributed by atoms with Crippen LogP contribution < -0.4 is 5.73 Å². The molecule has 0 spiro atoms. The molecular formula is C7H9ClN2O2. The Morgan fingerprint density at radius 3 is 2.83 bits per heavy atom. The van der Waals surface area contributed by atoms with Gasteiger partial charge in [0.2, 0.25) is 0 Å². The zero-order valence-corrected chi connectivity index (χ0v) is 7.12. The number of nitro groups is 1. The standard InChI is InChI=1S/C7H9ClN2O2/c8-6-2-1-3-7(4-6,5-9)10(11)12/h1-2,4H,3,5,9H2. The zero-order valence-electron chi connectivity index (χ0n) is 6.37. The van der Waals surface area contributed by atoms with Gasteiger partial charge in [0, 0.05) is 22.5 Å². The molecule has 0 fully saturated rings. The van der Waals surface area contributed by atoms with E-state index in [0.29, 0.717) is 11.5 Å². The van der Waals surface area contributed by atoms with Gasteiger partial charge < -0.3 is 5.73 Å². The summed E-state index contributed by atoms with van der Waals surface area (Å²) < 4.78 is 0. The molecule has 0 aliphatic heterocycles. The molecule has 12 heavy (non-hydrogen) atoms. The van der Waals surface area contributed by atoms with Gasteiger partial charge >= 0.3 is 0 Å². The van der Waals surface area contributed by atoms with Gasteiger partial charge in [-0.3, -0.25) is 10.1 Å². The van der Waals surface area contributed by atoms with Crippen molar-refractivity contribution in [3.8, 4) is 0 Å². The third-order valence-electron chi connectivity index (χ3n) is 1.87. The number of rotatable bonds is 2. The van der Waals surface area contributed by atoms with Crippen molar-refractivity contribution in [2.75, 3.05) is 6.54 Å². The van der Waals surface area contributed by atoms with E-state index in [0.717, 1.165) is 0 Å². The SMILES string of the molecule is NCC1([N+](=O)[O-])C=C(Cl)C=CC1. The topological polar surface area (TPSA) is 69.2 Å². The predicted molar refractivity (Wildman–Crippen MR) is 46.5 cm³/mol. The molecule has 0 saturated heterocycles. The molecule has 1 rings (SSSR count). The first kappa shape index (κ1) is 9.22. The minimum Gasteiger partial charge on any atom is -0.324 e. The molecule has 0 aromatic heterocycles. The average Bonchev–Trinajstić information content (AvgIpc) is 2.04. The molecule has 0 heterocycles. The average molecular weight is 189 g/mol. The molecule has 0 saturated carbocycles. The Bertz CT molecular complexity index is 262. The highest BCUT2D eigenvalue weighted by molar-refractivity contribution is 6.31. The molecule has 66 valence electrons. The van der Waals surface area contributed by atoms with Crippen molar-refractivity contribution < 1.29 is 4.92 Å². The Hall–Kier alpha value is -0.870. The summed E-state index contributed by atoms with van der Waals surface area (Å²) in [5.41, 5.74) is 4.13. The molecule has 2 N–H and O–H groups in total. The highest BCUT2D eigenvalue weighted by Gasteiger charge is 2.39. The van der Waals surface area contributed by atoms with Crippen LogP contribution in [0.1, 0.15) is 6.42 Å². The molecule has 0 bridgehead atoms. The number of hydrogen-bond donors (Lipinski definition) is 1. The van der Waals surface area contributed by atoms with E-state index >= 15 is 0 Å². The van der Waals surface area contributed by atoms with Gasteiger partial charge in [-0.25, -0.2) is 0 Å². The van der Waals surface area contributed by atoms with Crippen LogP contribution in [0.5, 0.6) is 0 Å². The minimum absolute atomic E-state index is 0.0272. The lowest BCUT2D eigenvalue weighted by molar-refractivity contribution is -0.551. The zero-order chi connectivity index (χ0) is 9.19. The van der Waals surface area contributed by atoms with E-state index < -0.39 is 10.5 Å². The summed E-state index contributed by atoms with van der Waals surface area (Å²) in [7, 11) is 0. The molecule has 0 aromatic carbocycles. The minimum atomic E-state index is -1.19. The van der Waals surface area contributed by atoms with Gasteiger partial charge in [0.15, 0.2) is 0 Å². The van der Waals surface area contributed by atoms with Gasteiger partial charge in [-0.1, -0.05) is 17.7 Å². The van der Waals surface area contributed by atoms with Crippen LogP contribution in [0, 0.1) is 10.1 Å². The van der Waals surface area contributed by atoms with Crippen LogP contribution in [0.25, 0.3) is 0 Å². The van der Waals surface area contributed by atoms with E-state index in [1.54, 1.807) is 12.2 Å². The van der Waals surface area contributed by atoms with E-state index in [1.807, 2.05) is 0 Å². The van der Waals surface area contributed by atoms with Gasteiger partial charge in [0.25, 0.3) is 5.54 Å². The van der Waals surface area contributed by atoms with Crippen molar-refractivity contribution in [2.45, 2.75) is 12.0 Å². The van der Waals surface area contributed by atoms with E-state index in [1.165, 1.54) is 6.08 Å². The summed E-state index contributed by atoms with van der Waals surface area (Å²) in [6, 6.07) is 0. The Morgan fingerprint density at radius 2 is 2.50 bits per heavy atom. The molecule has 0 radical (unpaired) electrons. The summed E-state index contributed by atoms with van der Waals surface area (Å²) in [4.78, 5) is 10.3.